The smallest absolute Gasteiger partial charge is 0.329 e. The molecule has 4 rings (SSSR count). The lowest BCUT2D eigenvalue weighted by Crippen LogP contribution is -2.50. The molecule has 1 aliphatic heterocycles. The zero-order valence-corrected chi connectivity index (χ0v) is 21.1. The predicted molar refractivity (Wildman–Crippen MR) is 133 cm³/mol. The molecular weight excluding hydrogens is 448 g/mol. The van der Waals surface area contributed by atoms with Crippen LogP contribution < -0.4 is 14.8 Å². The maximum atomic E-state index is 12.2. The number of hydrogen-bond donors (Lipinski definition) is 2. The van der Waals surface area contributed by atoms with Crippen molar-refractivity contribution >= 4 is 11.8 Å². The van der Waals surface area contributed by atoms with E-state index < -0.39 is 11.5 Å². The van der Waals surface area contributed by atoms with Crippen molar-refractivity contribution in [3.8, 4) is 22.6 Å². The molecule has 0 amide bonds. The number of carboxylic acids is 1. The quantitative estimate of drug-likeness (QED) is 0.519. The van der Waals surface area contributed by atoms with Gasteiger partial charge in [-0.05, 0) is 56.0 Å². The molecule has 8 nitrogen and oxygen atoms in total. The van der Waals surface area contributed by atoms with Gasteiger partial charge in [-0.2, -0.15) is 0 Å². The molecule has 2 fully saturated rings. The molecule has 1 aromatic heterocycles. The highest BCUT2D eigenvalue weighted by atomic mass is 16.5. The Morgan fingerprint density at radius 3 is 2.31 bits per heavy atom. The molecule has 0 spiro atoms. The van der Waals surface area contributed by atoms with Gasteiger partial charge in [0.1, 0.15) is 22.9 Å². The van der Waals surface area contributed by atoms with Crippen molar-refractivity contribution in [2.75, 3.05) is 32.8 Å². The third-order valence-electron chi connectivity index (χ3n) is 7.22. The highest BCUT2D eigenvalue weighted by Gasteiger charge is 2.40. The van der Waals surface area contributed by atoms with E-state index in [1.165, 1.54) is 12.8 Å². The number of aromatic nitrogens is 1. The molecule has 2 aliphatic rings. The first-order chi connectivity index (χ1) is 16.9. The van der Waals surface area contributed by atoms with Gasteiger partial charge in [-0.1, -0.05) is 12.8 Å². The van der Waals surface area contributed by atoms with Crippen molar-refractivity contribution in [1.82, 2.24) is 4.98 Å². The molecule has 1 aliphatic carbocycles. The van der Waals surface area contributed by atoms with Gasteiger partial charge in [0.05, 0.1) is 26.9 Å². The Kier molecular flexibility index (Phi) is 7.82. The van der Waals surface area contributed by atoms with Gasteiger partial charge in [0.25, 0.3) is 0 Å². The molecular formula is C27H36N2O6. The van der Waals surface area contributed by atoms with Crippen LogP contribution in [0.4, 0.5) is 5.82 Å². The fourth-order valence-electron chi connectivity index (χ4n) is 5.16. The summed E-state index contributed by atoms with van der Waals surface area (Å²) in [5.41, 5.74) is 3.42. The van der Waals surface area contributed by atoms with E-state index in [-0.39, 0.29) is 6.10 Å². The Balaban J connectivity index is 1.76. The number of pyridine rings is 1. The summed E-state index contributed by atoms with van der Waals surface area (Å²) in [5.74, 6) is 1.11. The van der Waals surface area contributed by atoms with E-state index in [9.17, 15) is 9.90 Å². The Labute approximate surface area is 206 Å². The summed E-state index contributed by atoms with van der Waals surface area (Å²) in [6.45, 7) is 5.12. The minimum absolute atomic E-state index is 0.246. The van der Waals surface area contributed by atoms with Gasteiger partial charge >= 0.3 is 5.97 Å². The van der Waals surface area contributed by atoms with E-state index in [0.29, 0.717) is 38.5 Å². The van der Waals surface area contributed by atoms with Gasteiger partial charge in [-0.3, -0.25) is 0 Å². The SMILES string of the molecule is COc1cc(-c2c(COC3CCCC3)cc(NC3(C(=O)O)CCOCC3)nc2C)cc(OC)c1C. The first kappa shape index (κ1) is 25.3. The van der Waals surface area contributed by atoms with Crippen LogP contribution in [0.15, 0.2) is 18.2 Å². The molecule has 0 atom stereocenters. The van der Waals surface area contributed by atoms with E-state index in [1.54, 1.807) is 14.2 Å². The summed E-state index contributed by atoms with van der Waals surface area (Å²) in [7, 11) is 3.29. The number of carbonyl (C=O) groups is 1. The second kappa shape index (κ2) is 10.8. The largest absolute Gasteiger partial charge is 0.496 e. The Hall–Kier alpha value is -2.84. The topological polar surface area (TPSA) is 99.1 Å². The lowest BCUT2D eigenvalue weighted by molar-refractivity contribution is -0.145. The number of benzene rings is 1. The lowest BCUT2D eigenvalue weighted by Gasteiger charge is -2.34. The number of carboxylic acid groups (broad SMARTS) is 1. The van der Waals surface area contributed by atoms with Crippen molar-refractivity contribution in [2.45, 2.75) is 70.6 Å². The van der Waals surface area contributed by atoms with E-state index in [2.05, 4.69) is 5.32 Å². The summed E-state index contributed by atoms with van der Waals surface area (Å²) < 4.78 is 23.0. The third kappa shape index (κ3) is 5.38. The first-order valence-electron chi connectivity index (χ1n) is 12.3. The number of nitrogens with zero attached hydrogens (tertiary/aromatic N) is 1. The minimum Gasteiger partial charge on any atom is -0.496 e. The van der Waals surface area contributed by atoms with Crippen LogP contribution in [0, 0.1) is 13.8 Å². The molecule has 2 heterocycles. The van der Waals surface area contributed by atoms with Crippen molar-refractivity contribution in [3.05, 3.63) is 35.0 Å². The van der Waals surface area contributed by atoms with Crippen molar-refractivity contribution in [1.29, 1.82) is 0 Å². The van der Waals surface area contributed by atoms with Crippen molar-refractivity contribution < 1.29 is 28.8 Å². The van der Waals surface area contributed by atoms with E-state index in [4.69, 9.17) is 23.9 Å². The Morgan fingerprint density at radius 1 is 1.11 bits per heavy atom. The van der Waals surface area contributed by atoms with Gasteiger partial charge in [0.2, 0.25) is 0 Å². The molecule has 0 bridgehead atoms. The van der Waals surface area contributed by atoms with Crippen LogP contribution >= 0.6 is 0 Å². The number of aryl methyl sites for hydroxylation is 1. The van der Waals surface area contributed by atoms with Gasteiger partial charge in [0, 0.05) is 42.9 Å². The Bertz CT molecular complexity index is 1030. The molecule has 0 radical (unpaired) electrons. The van der Waals surface area contributed by atoms with Gasteiger partial charge in [-0.15, -0.1) is 0 Å². The third-order valence-corrected chi connectivity index (χ3v) is 7.22. The first-order valence-corrected chi connectivity index (χ1v) is 12.3. The fraction of sp³-hybridized carbons (Fsp3) is 0.556. The van der Waals surface area contributed by atoms with Gasteiger partial charge < -0.3 is 29.4 Å². The molecule has 8 heteroatoms. The molecule has 1 aromatic carbocycles. The number of aliphatic carboxylic acids is 1. The standard InChI is InChI=1S/C27H36N2O6/c1-17-22(32-3)13-19(14-23(17)33-4)25-18(2)28-24(15-20(25)16-35-21-7-5-6-8-21)29-27(26(30)31)9-11-34-12-10-27/h13-15,21H,5-12,16H2,1-4H3,(H,28,29)(H,30,31). The van der Waals surface area contributed by atoms with Crippen LogP contribution in [-0.2, 0) is 20.9 Å². The normalized spacial score (nSPS) is 17.8. The van der Waals surface area contributed by atoms with Crippen molar-refractivity contribution in [2.24, 2.45) is 0 Å². The van der Waals surface area contributed by atoms with Crippen LogP contribution in [0.25, 0.3) is 11.1 Å². The summed E-state index contributed by atoms with van der Waals surface area (Å²) >= 11 is 0. The van der Waals surface area contributed by atoms with Crippen LogP contribution in [0.1, 0.15) is 55.3 Å². The predicted octanol–water partition coefficient (Wildman–Crippen LogP) is 4.89. The van der Waals surface area contributed by atoms with Crippen LogP contribution in [0.5, 0.6) is 11.5 Å². The minimum atomic E-state index is -1.10. The number of nitrogens with one attached hydrogen (secondary N) is 1. The highest BCUT2D eigenvalue weighted by molar-refractivity contribution is 5.83. The molecule has 1 saturated heterocycles. The number of methoxy groups -OCH3 is 2. The Morgan fingerprint density at radius 2 is 1.74 bits per heavy atom. The fourth-order valence-corrected chi connectivity index (χ4v) is 5.16. The average Bonchev–Trinajstić information content (AvgIpc) is 3.37. The number of ether oxygens (including phenoxy) is 4. The van der Waals surface area contributed by atoms with Crippen LogP contribution in [-0.4, -0.2) is 55.1 Å². The highest BCUT2D eigenvalue weighted by Crippen LogP contribution is 2.38. The van der Waals surface area contributed by atoms with Gasteiger partial charge in [-0.25, -0.2) is 9.78 Å². The van der Waals surface area contributed by atoms with Crippen LogP contribution in [0.2, 0.25) is 0 Å². The molecule has 0 unspecified atom stereocenters. The maximum Gasteiger partial charge on any atom is 0.329 e. The molecule has 2 aromatic rings. The van der Waals surface area contributed by atoms with Crippen molar-refractivity contribution in [3.63, 3.8) is 0 Å². The van der Waals surface area contributed by atoms with E-state index >= 15 is 0 Å². The van der Waals surface area contributed by atoms with E-state index in [1.807, 2.05) is 32.0 Å². The monoisotopic (exact) mass is 484 g/mol. The summed E-state index contributed by atoms with van der Waals surface area (Å²) in [6, 6.07) is 5.91. The average molecular weight is 485 g/mol. The lowest BCUT2D eigenvalue weighted by atomic mass is 9.90. The maximum absolute atomic E-state index is 12.2. The summed E-state index contributed by atoms with van der Waals surface area (Å²) in [4.78, 5) is 17.0. The second-order valence-corrected chi connectivity index (χ2v) is 9.47. The zero-order valence-electron chi connectivity index (χ0n) is 21.1. The molecule has 35 heavy (non-hydrogen) atoms. The second-order valence-electron chi connectivity index (χ2n) is 9.47. The zero-order chi connectivity index (χ0) is 25.0. The summed E-state index contributed by atoms with van der Waals surface area (Å²) in [5, 5.41) is 13.3. The summed E-state index contributed by atoms with van der Waals surface area (Å²) in [6.07, 6.45) is 5.52. The number of rotatable bonds is 9. The molecule has 2 N–H and O–H groups in total. The van der Waals surface area contributed by atoms with E-state index in [0.717, 1.165) is 52.3 Å². The van der Waals surface area contributed by atoms with Gasteiger partial charge in [0.15, 0.2) is 0 Å². The van der Waals surface area contributed by atoms with Crippen LogP contribution in [0.3, 0.4) is 0 Å². The number of hydrogen-bond acceptors (Lipinski definition) is 7. The molecule has 190 valence electrons. The molecule has 1 saturated carbocycles. The number of anilines is 1.